The van der Waals surface area contributed by atoms with E-state index in [2.05, 4.69) is 26.4 Å². The second-order valence-electron chi connectivity index (χ2n) is 8.19. The predicted molar refractivity (Wildman–Crippen MR) is 110 cm³/mol. The summed E-state index contributed by atoms with van der Waals surface area (Å²) in [6.07, 6.45) is 8.39. The van der Waals surface area contributed by atoms with Gasteiger partial charge in [0.15, 0.2) is 0 Å². The molecule has 3 aliphatic heterocycles. The van der Waals surface area contributed by atoms with Gasteiger partial charge in [-0.15, -0.1) is 0 Å². The first kappa shape index (κ1) is 20.5. The molecule has 3 rings (SSSR count). The molecular weight excluding hydrogens is 534 g/mol. The summed E-state index contributed by atoms with van der Waals surface area (Å²) in [5, 5.41) is 0. The van der Waals surface area contributed by atoms with Crippen LogP contribution in [0, 0.1) is 0 Å². The van der Waals surface area contributed by atoms with Crippen LogP contribution in [0.3, 0.4) is 0 Å². The average Bonchev–Trinajstić information content (AvgIpc) is 3.17. The number of allylic oxidation sites excluding steroid dienone is 2. The number of carbonyl (C=O) groups is 1. The van der Waals surface area contributed by atoms with Crippen molar-refractivity contribution in [2.75, 3.05) is 26.2 Å². The summed E-state index contributed by atoms with van der Waals surface area (Å²) in [6.45, 7) is 8.96. The molecule has 3 aliphatic rings. The summed E-state index contributed by atoms with van der Waals surface area (Å²) in [5.41, 5.74) is -0.442. The summed E-state index contributed by atoms with van der Waals surface area (Å²) in [4.78, 5) is 16.8. The van der Waals surface area contributed by atoms with Crippen molar-refractivity contribution in [1.82, 2.24) is 9.80 Å². The third kappa shape index (κ3) is 4.79. The Hall–Kier alpha value is -0.210. The number of hydrogen-bond acceptors (Lipinski definition) is 5. The van der Waals surface area contributed by atoms with Crippen molar-refractivity contribution in [2.45, 2.75) is 41.8 Å². The number of carbonyl (C=O) groups excluding carboxylic acids is 1. The Labute approximate surface area is 172 Å². The van der Waals surface area contributed by atoms with Crippen molar-refractivity contribution in [3.05, 3.63) is 18.8 Å². The summed E-state index contributed by atoms with van der Waals surface area (Å²) < 4.78 is 22.9. The zero-order valence-electron chi connectivity index (χ0n) is 16.5. The van der Waals surface area contributed by atoms with Crippen LogP contribution in [0.2, 0.25) is 9.36 Å². The van der Waals surface area contributed by atoms with E-state index in [1.165, 1.54) is 0 Å². The molecule has 6 nitrogen and oxygen atoms in total. The molecule has 0 aromatic rings. The minimum atomic E-state index is -1.96. The minimum absolute atomic E-state index is 0.194. The number of nitrogens with zero attached hydrogens (tertiary/aromatic N) is 4. The van der Waals surface area contributed by atoms with E-state index in [1.54, 1.807) is 6.66 Å². The molecule has 0 aromatic carbocycles. The van der Waals surface area contributed by atoms with Crippen LogP contribution in [0.25, 0.3) is 0 Å². The molecule has 1 saturated heterocycles. The average molecular weight is 562 g/mol. The van der Waals surface area contributed by atoms with Crippen molar-refractivity contribution in [3.63, 3.8) is 0 Å². The molecule has 138 valence electrons. The van der Waals surface area contributed by atoms with E-state index in [1.807, 2.05) is 38.1 Å². The van der Waals surface area contributed by atoms with Crippen LogP contribution < -0.4 is 0 Å². The molecule has 0 bridgehead atoms. The van der Waals surface area contributed by atoms with Gasteiger partial charge in [0.2, 0.25) is 0 Å². The molecular formula is C18H28In2N4O2. The second-order valence-corrected chi connectivity index (χ2v) is 21.4. The molecule has 0 N–H and O–H groups in total. The normalized spacial score (nSPS) is 20.9. The van der Waals surface area contributed by atoms with Crippen molar-refractivity contribution < 1.29 is 9.53 Å². The molecule has 0 saturated carbocycles. The van der Waals surface area contributed by atoms with E-state index in [0.29, 0.717) is 6.04 Å². The molecule has 0 unspecified atom stereocenters. The third-order valence-electron chi connectivity index (χ3n) is 5.08. The number of ether oxygens (including phenoxy) is 1. The van der Waals surface area contributed by atoms with Crippen molar-refractivity contribution in [2.24, 2.45) is 5.96 Å². The van der Waals surface area contributed by atoms with Crippen LogP contribution in [0.15, 0.2) is 24.8 Å². The number of rotatable bonds is 3. The molecule has 1 fully saturated rings. The van der Waals surface area contributed by atoms with Crippen LogP contribution in [0.1, 0.15) is 20.8 Å². The zero-order valence-corrected chi connectivity index (χ0v) is 23.1. The Morgan fingerprint density at radius 2 is 1.54 bits per heavy atom. The van der Waals surface area contributed by atoms with Gasteiger partial charge in [0.05, 0.1) is 0 Å². The molecule has 0 radical (unpaired) electrons. The van der Waals surface area contributed by atoms with Crippen molar-refractivity contribution in [1.29, 1.82) is 0 Å². The first-order chi connectivity index (χ1) is 12.3. The van der Waals surface area contributed by atoms with Gasteiger partial charge in [-0.2, -0.15) is 0 Å². The van der Waals surface area contributed by atoms with Gasteiger partial charge in [-0.05, 0) is 0 Å². The predicted octanol–water partition coefficient (Wildman–Crippen LogP) is 2.25. The topological polar surface area (TPSA) is 57.5 Å². The van der Waals surface area contributed by atoms with Crippen LogP contribution in [-0.2, 0) is 4.74 Å². The van der Waals surface area contributed by atoms with Crippen LogP contribution in [0.5, 0.6) is 0 Å². The molecule has 26 heavy (non-hydrogen) atoms. The van der Waals surface area contributed by atoms with E-state index in [4.69, 9.17) is 10.7 Å². The molecule has 0 aliphatic carbocycles. The number of hydrogen-bond donors (Lipinski definition) is 0. The maximum absolute atomic E-state index is 12.3. The van der Waals surface area contributed by atoms with E-state index in [-0.39, 0.29) is 6.09 Å². The van der Waals surface area contributed by atoms with Gasteiger partial charge >= 0.3 is 174 Å². The van der Waals surface area contributed by atoms with E-state index >= 15 is 0 Å². The summed E-state index contributed by atoms with van der Waals surface area (Å²) >= 11 is -3.92. The fraction of sp³-hybridized carbons (Fsp3) is 0.611. The Morgan fingerprint density at radius 3 is 1.92 bits per heavy atom. The van der Waals surface area contributed by atoms with E-state index < -0.39 is 49.1 Å². The number of piperazine rings is 1. The fourth-order valence-electron chi connectivity index (χ4n) is 3.71. The molecule has 3 heterocycles. The summed E-state index contributed by atoms with van der Waals surface area (Å²) in [6, 6.07) is 0.386. The Kier molecular flexibility index (Phi) is 6.66. The summed E-state index contributed by atoms with van der Waals surface area (Å²) in [7, 11) is 0. The summed E-state index contributed by atoms with van der Waals surface area (Å²) in [5.74, 6) is 0. The monoisotopic (exact) mass is 562 g/mol. The standard InChI is InChI=1S/C16H22N4O2.2CH3.2In/c1-16(2,3)22-15(21)20-12-10-19(11-13-20)14(6-4-8-17)7-5-9-18;;;;/h4-5,8-9,14H,10-13H2,1-3H3;2*1H3;;/q-2;;;2*+1. The quantitative estimate of drug-likeness (QED) is 0.531. The zero-order chi connectivity index (χ0) is 18.9. The van der Waals surface area contributed by atoms with Gasteiger partial charge < -0.3 is 0 Å². The van der Waals surface area contributed by atoms with Gasteiger partial charge in [-0.25, -0.2) is 0 Å². The van der Waals surface area contributed by atoms with Gasteiger partial charge in [-0.1, -0.05) is 0 Å². The van der Waals surface area contributed by atoms with Crippen LogP contribution in [0.4, 0.5) is 4.79 Å². The van der Waals surface area contributed by atoms with Gasteiger partial charge in [0.25, 0.3) is 0 Å². The van der Waals surface area contributed by atoms with Gasteiger partial charge in [-0.3, -0.25) is 0 Å². The Balaban J connectivity index is 1.69. The molecule has 0 atom stereocenters. The maximum atomic E-state index is 12.3. The van der Waals surface area contributed by atoms with Crippen LogP contribution >= 0.6 is 0 Å². The van der Waals surface area contributed by atoms with E-state index in [0.717, 1.165) is 26.2 Å². The van der Waals surface area contributed by atoms with Crippen molar-refractivity contribution in [3.8, 4) is 0 Å². The SMILES string of the molecule is [CH3][In]1[N]=CC=[C]1C([C]1=CC=[N][In]1[CH3])N1CCN(C(=O)OC(C)(C)C)CC1. The van der Waals surface area contributed by atoms with Gasteiger partial charge in [0, 0.05) is 0 Å². The first-order valence-electron chi connectivity index (χ1n) is 9.45. The molecule has 0 aromatic heterocycles. The van der Waals surface area contributed by atoms with E-state index in [9.17, 15) is 4.79 Å². The Bertz CT molecular complexity index is 639. The molecule has 8 heteroatoms. The number of amides is 1. The van der Waals surface area contributed by atoms with Crippen molar-refractivity contribution >= 4 is 62.0 Å². The molecule has 0 spiro atoms. The van der Waals surface area contributed by atoms with Gasteiger partial charge in [0.1, 0.15) is 0 Å². The first-order valence-corrected chi connectivity index (χ1v) is 22.3. The van der Waals surface area contributed by atoms with Crippen LogP contribution in [-0.4, -0.2) is 110 Å². The second kappa shape index (κ2) is 8.43. The molecule has 1 amide bonds. The fourth-order valence-corrected chi connectivity index (χ4v) is 15.2. The third-order valence-corrected chi connectivity index (χ3v) is 17.0. The Morgan fingerprint density at radius 1 is 1.04 bits per heavy atom.